The highest BCUT2D eigenvalue weighted by Gasteiger charge is 2.09. The molecule has 0 radical (unpaired) electrons. The van der Waals surface area contributed by atoms with Crippen LogP contribution in [0.1, 0.15) is 5.56 Å². The molecular formula is C13H11N5O2. The molecule has 2 aromatic heterocycles. The quantitative estimate of drug-likeness (QED) is 0.560. The van der Waals surface area contributed by atoms with E-state index in [1.165, 1.54) is 12.1 Å². The number of H-pyrrole nitrogens is 1. The number of nitrogens with one attached hydrogen (secondary N) is 2. The lowest BCUT2D eigenvalue weighted by Gasteiger charge is -2.01. The summed E-state index contributed by atoms with van der Waals surface area (Å²) in [7, 11) is 0. The number of non-ortho nitro benzene ring substituents is 1. The normalized spacial score (nSPS) is 10.6. The fraction of sp³-hybridized carbons (Fsp3) is 0.0769. The average Bonchev–Trinajstić information content (AvgIpc) is 2.88. The van der Waals surface area contributed by atoms with E-state index in [0.29, 0.717) is 23.5 Å². The number of nitro benzene ring substituents is 1. The second kappa shape index (κ2) is 4.96. The highest BCUT2D eigenvalue weighted by atomic mass is 16.6. The van der Waals surface area contributed by atoms with Gasteiger partial charge in [0.15, 0.2) is 0 Å². The van der Waals surface area contributed by atoms with E-state index in [0.717, 1.165) is 5.56 Å². The van der Waals surface area contributed by atoms with Gasteiger partial charge in [0.1, 0.15) is 0 Å². The van der Waals surface area contributed by atoms with E-state index in [4.69, 9.17) is 0 Å². The standard InChI is InChI=1S/C13H11N5O2/c19-18(20)10-3-4-11-12(6-10)17-13(16-11)15-8-9-2-1-5-14-7-9/h1-7H,8H2,(H2,15,16,17). The minimum atomic E-state index is -0.428. The van der Waals surface area contributed by atoms with Gasteiger partial charge < -0.3 is 10.3 Å². The first kappa shape index (κ1) is 12.1. The molecule has 100 valence electrons. The molecule has 0 saturated heterocycles. The van der Waals surface area contributed by atoms with Crippen molar-refractivity contribution in [2.24, 2.45) is 0 Å². The van der Waals surface area contributed by atoms with Crippen molar-refractivity contribution < 1.29 is 4.92 Å². The Bertz CT molecular complexity index is 754. The first-order valence-electron chi connectivity index (χ1n) is 5.99. The minimum Gasteiger partial charge on any atom is -0.352 e. The highest BCUT2D eigenvalue weighted by molar-refractivity contribution is 5.79. The van der Waals surface area contributed by atoms with Crippen LogP contribution in [0.25, 0.3) is 11.0 Å². The number of aromatic amines is 1. The monoisotopic (exact) mass is 269 g/mol. The minimum absolute atomic E-state index is 0.0416. The van der Waals surface area contributed by atoms with E-state index in [2.05, 4.69) is 20.3 Å². The summed E-state index contributed by atoms with van der Waals surface area (Å²) in [6.45, 7) is 0.579. The van der Waals surface area contributed by atoms with E-state index in [1.807, 2.05) is 12.1 Å². The Balaban J connectivity index is 1.80. The Hall–Kier alpha value is -2.96. The van der Waals surface area contributed by atoms with Gasteiger partial charge in [0.25, 0.3) is 5.69 Å². The van der Waals surface area contributed by atoms with Gasteiger partial charge >= 0.3 is 0 Å². The molecule has 0 fully saturated rings. The molecule has 0 spiro atoms. The number of benzene rings is 1. The summed E-state index contributed by atoms with van der Waals surface area (Å²) in [5, 5.41) is 13.8. The zero-order valence-electron chi connectivity index (χ0n) is 10.4. The fourth-order valence-corrected chi connectivity index (χ4v) is 1.88. The maximum atomic E-state index is 10.7. The van der Waals surface area contributed by atoms with Gasteiger partial charge in [-0.15, -0.1) is 0 Å². The number of imidazole rings is 1. The van der Waals surface area contributed by atoms with Crippen molar-refractivity contribution in [2.45, 2.75) is 6.54 Å². The number of nitro groups is 1. The van der Waals surface area contributed by atoms with E-state index in [9.17, 15) is 10.1 Å². The fourth-order valence-electron chi connectivity index (χ4n) is 1.88. The number of nitrogens with zero attached hydrogens (tertiary/aromatic N) is 3. The molecule has 0 amide bonds. The van der Waals surface area contributed by atoms with E-state index >= 15 is 0 Å². The summed E-state index contributed by atoms with van der Waals surface area (Å²) in [5.41, 5.74) is 2.39. The van der Waals surface area contributed by atoms with Crippen LogP contribution < -0.4 is 5.32 Å². The summed E-state index contributed by atoms with van der Waals surface area (Å²) in [4.78, 5) is 21.6. The van der Waals surface area contributed by atoms with Crippen molar-refractivity contribution in [3.05, 3.63) is 58.4 Å². The molecule has 0 aliphatic rings. The van der Waals surface area contributed by atoms with Crippen LogP contribution >= 0.6 is 0 Å². The van der Waals surface area contributed by atoms with Gasteiger partial charge in [0.05, 0.1) is 16.0 Å². The molecule has 0 unspecified atom stereocenters. The molecule has 7 heteroatoms. The van der Waals surface area contributed by atoms with Gasteiger partial charge in [-0.3, -0.25) is 15.1 Å². The molecule has 3 aromatic rings. The third-order valence-electron chi connectivity index (χ3n) is 2.86. The SMILES string of the molecule is O=[N+]([O-])c1ccc2nc(NCc3cccnc3)[nH]c2c1. The Morgan fingerprint density at radius 2 is 2.25 bits per heavy atom. The first-order chi connectivity index (χ1) is 9.72. The molecule has 2 N–H and O–H groups in total. The third kappa shape index (κ3) is 2.41. The summed E-state index contributed by atoms with van der Waals surface area (Å²) >= 11 is 0. The predicted octanol–water partition coefficient (Wildman–Crippen LogP) is 2.48. The molecule has 0 aliphatic heterocycles. The van der Waals surface area contributed by atoms with Gasteiger partial charge in [-0.25, -0.2) is 4.98 Å². The lowest BCUT2D eigenvalue weighted by molar-refractivity contribution is -0.384. The van der Waals surface area contributed by atoms with Crippen LogP contribution in [0.5, 0.6) is 0 Å². The molecule has 0 bridgehead atoms. The van der Waals surface area contributed by atoms with Gasteiger partial charge in [0, 0.05) is 31.1 Å². The van der Waals surface area contributed by atoms with Crippen LogP contribution in [0, 0.1) is 10.1 Å². The smallest absolute Gasteiger partial charge is 0.271 e. The van der Waals surface area contributed by atoms with Crippen molar-refractivity contribution >= 4 is 22.7 Å². The zero-order chi connectivity index (χ0) is 13.9. The lowest BCUT2D eigenvalue weighted by Crippen LogP contribution is -2.00. The lowest BCUT2D eigenvalue weighted by atomic mass is 10.3. The Morgan fingerprint density at radius 1 is 1.35 bits per heavy atom. The molecule has 1 aromatic carbocycles. The van der Waals surface area contributed by atoms with E-state index in [-0.39, 0.29) is 5.69 Å². The summed E-state index contributed by atoms with van der Waals surface area (Å²) < 4.78 is 0. The summed E-state index contributed by atoms with van der Waals surface area (Å²) in [6, 6.07) is 8.34. The molecular weight excluding hydrogens is 258 g/mol. The highest BCUT2D eigenvalue weighted by Crippen LogP contribution is 2.20. The zero-order valence-corrected chi connectivity index (χ0v) is 10.4. The van der Waals surface area contributed by atoms with Gasteiger partial charge in [-0.2, -0.15) is 0 Å². The number of rotatable bonds is 4. The molecule has 3 rings (SSSR count). The van der Waals surface area contributed by atoms with Crippen molar-refractivity contribution in [1.29, 1.82) is 0 Å². The molecule has 0 saturated carbocycles. The number of hydrogen-bond acceptors (Lipinski definition) is 5. The van der Waals surface area contributed by atoms with Crippen molar-refractivity contribution in [1.82, 2.24) is 15.0 Å². The number of hydrogen-bond donors (Lipinski definition) is 2. The maximum Gasteiger partial charge on any atom is 0.271 e. The molecule has 7 nitrogen and oxygen atoms in total. The largest absolute Gasteiger partial charge is 0.352 e. The van der Waals surface area contributed by atoms with Gasteiger partial charge in [0.2, 0.25) is 5.95 Å². The van der Waals surface area contributed by atoms with Crippen LogP contribution in [0.15, 0.2) is 42.7 Å². The van der Waals surface area contributed by atoms with Crippen molar-refractivity contribution in [3.63, 3.8) is 0 Å². The Labute approximate surface area is 113 Å². The van der Waals surface area contributed by atoms with Crippen molar-refractivity contribution in [2.75, 3.05) is 5.32 Å². The average molecular weight is 269 g/mol. The van der Waals surface area contributed by atoms with Crippen LogP contribution in [0.2, 0.25) is 0 Å². The van der Waals surface area contributed by atoms with Crippen molar-refractivity contribution in [3.8, 4) is 0 Å². The molecule has 0 atom stereocenters. The van der Waals surface area contributed by atoms with E-state index in [1.54, 1.807) is 18.5 Å². The Morgan fingerprint density at radius 3 is 3.00 bits per heavy atom. The second-order valence-electron chi connectivity index (χ2n) is 4.26. The van der Waals surface area contributed by atoms with E-state index < -0.39 is 4.92 Å². The maximum absolute atomic E-state index is 10.7. The number of pyridine rings is 1. The number of fused-ring (bicyclic) bond motifs is 1. The second-order valence-corrected chi connectivity index (χ2v) is 4.26. The van der Waals surface area contributed by atoms with Crippen LogP contribution in [0.3, 0.4) is 0 Å². The third-order valence-corrected chi connectivity index (χ3v) is 2.86. The molecule has 20 heavy (non-hydrogen) atoms. The first-order valence-corrected chi connectivity index (χ1v) is 5.99. The van der Waals surface area contributed by atoms with Gasteiger partial charge in [-0.05, 0) is 17.7 Å². The summed E-state index contributed by atoms with van der Waals surface area (Å²) in [5.74, 6) is 0.573. The summed E-state index contributed by atoms with van der Waals surface area (Å²) in [6.07, 6.45) is 3.48. The number of anilines is 1. The molecule has 0 aliphatic carbocycles. The Kier molecular flexibility index (Phi) is 3.00. The van der Waals surface area contributed by atoms with Crippen LogP contribution in [-0.4, -0.2) is 19.9 Å². The predicted molar refractivity (Wildman–Crippen MR) is 74.3 cm³/mol. The topological polar surface area (TPSA) is 96.7 Å². The van der Waals surface area contributed by atoms with Crippen LogP contribution in [0.4, 0.5) is 11.6 Å². The van der Waals surface area contributed by atoms with Gasteiger partial charge in [-0.1, -0.05) is 6.07 Å². The molecule has 2 heterocycles. The number of aromatic nitrogens is 3. The van der Waals surface area contributed by atoms with Crippen LogP contribution in [-0.2, 0) is 6.54 Å².